The molecule has 2 aromatic heterocycles. The van der Waals surface area contributed by atoms with E-state index in [1.54, 1.807) is 0 Å². The van der Waals surface area contributed by atoms with Crippen LogP contribution >= 0.6 is 0 Å². The fraction of sp³-hybridized carbons (Fsp3) is 0. The highest BCUT2D eigenvalue weighted by atomic mass is 15.1. The van der Waals surface area contributed by atoms with Gasteiger partial charge in [-0.2, -0.15) is 0 Å². The van der Waals surface area contributed by atoms with Gasteiger partial charge in [0, 0.05) is 27.9 Å². The summed E-state index contributed by atoms with van der Waals surface area (Å²) < 4.78 is 2.23. The van der Waals surface area contributed by atoms with Crippen LogP contribution in [-0.2, 0) is 0 Å². The maximum absolute atomic E-state index is 5.18. The molecule has 49 heavy (non-hydrogen) atoms. The average molecular weight is 627 g/mol. The molecule has 9 aromatic rings. The summed E-state index contributed by atoms with van der Waals surface area (Å²) in [5.74, 6) is 1.61. The Hall–Kier alpha value is -6.65. The summed E-state index contributed by atoms with van der Waals surface area (Å²) >= 11 is 0. The molecule has 0 bridgehead atoms. The fourth-order valence-corrected chi connectivity index (χ4v) is 6.63. The minimum absolute atomic E-state index is 0.694. The van der Waals surface area contributed by atoms with Crippen LogP contribution in [0.1, 0.15) is 0 Å². The predicted octanol–water partition coefficient (Wildman–Crippen LogP) is 11.3. The van der Waals surface area contributed by atoms with Crippen molar-refractivity contribution >= 4 is 21.8 Å². The maximum atomic E-state index is 5.18. The third-order valence-corrected chi connectivity index (χ3v) is 9.03. The average Bonchev–Trinajstić information content (AvgIpc) is 3.58. The Morgan fingerprint density at radius 2 is 1.02 bits per heavy atom. The lowest BCUT2D eigenvalue weighted by Gasteiger charge is -2.12. The second kappa shape index (κ2) is 12.2. The van der Waals surface area contributed by atoms with Crippen LogP contribution < -0.4 is 0 Å². The summed E-state index contributed by atoms with van der Waals surface area (Å²) in [6.07, 6.45) is 0. The highest BCUT2D eigenvalue weighted by Gasteiger charge is 2.16. The first-order valence-corrected chi connectivity index (χ1v) is 16.5. The quantitative estimate of drug-likeness (QED) is 0.184. The molecule has 0 saturated heterocycles. The van der Waals surface area contributed by atoms with Crippen LogP contribution in [0.2, 0.25) is 0 Å². The summed E-state index contributed by atoms with van der Waals surface area (Å²) in [5.41, 5.74) is 11.3. The minimum atomic E-state index is 0.694. The number of nitrogens with zero attached hydrogens (tertiary/aromatic N) is 4. The van der Waals surface area contributed by atoms with Crippen molar-refractivity contribution in [2.45, 2.75) is 0 Å². The lowest BCUT2D eigenvalue weighted by atomic mass is 9.99. The third kappa shape index (κ3) is 5.35. The lowest BCUT2D eigenvalue weighted by molar-refractivity contribution is 1.10. The van der Waals surface area contributed by atoms with Crippen LogP contribution in [-0.4, -0.2) is 19.5 Å². The van der Waals surface area contributed by atoms with Crippen molar-refractivity contribution in [3.05, 3.63) is 182 Å². The Morgan fingerprint density at radius 3 is 1.88 bits per heavy atom. The number of imidazole rings is 1. The Bertz CT molecular complexity index is 2580. The van der Waals surface area contributed by atoms with E-state index < -0.39 is 0 Å². The fourth-order valence-electron chi connectivity index (χ4n) is 6.63. The van der Waals surface area contributed by atoms with Crippen LogP contribution in [0.3, 0.4) is 0 Å². The number of hydrogen-bond donors (Lipinski definition) is 0. The van der Waals surface area contributed by atoms with Gasteiger partial charge < -0.3 is 0 Å². The zero-order chi connectivity index (χ0) is 32.6. The van der Waals surface area contributed by atoms with E-state index in [9.17, 15) is 0 Å². The Balaban J connectivity index is 1.12. The Morgan fingerprint density at radius 1 is 0.388 bits per heavy atom. The summed E-state index contributed by atoms with van der Waals surface area (Å²) in [4.78, 5) is 15.3. The van der Waals surface area contributed by atoms with Gasteiger partial charge in [-0.15, -0.1) is 0 Å². The van der Waals surface area contributed by atoms with Crippen LogP contribution in [0.15, 0.2) is 182 Å². The smallest absolute Gasteiger partial charge is 0.160 e. The first kappa shape index (κ1) is 28.6. The molecule has 0 saturated carbocycles. The zero-order valence-corrected chi connectivity index (χ0v) is 26.6. The summed E-state index contributed by atoms with van der Waals surface area (Å²) in [6.45, 7) is 0. The summed E-state index contributed by atoms with van der Waals surface area (Å²) in [5, 5.41) is 2.36. The van der Waals surface area contributed by atoms with Gasteiger partial charge in [-0.25, -0.2) is 15.0 Å². The number of benzene rings is 7. The molecule has 0 fully saturated rings. The molecule has 7 aromatic carbocycles. The topological polar surface area (TPSA) is 43.6 Å². The van der Waals surface area contributed by atoms with Crippen LogP contribution in [0.5, 0.6) is 0 Å². The number of para-hydroxylation sites is 3. The van der Waals surface area contributed by atoms with Crippen molar-refractivity contribution in [3.63, 3.8) is 0 Å². The van der Waals surface area contributed by atoms with Gasteiger partial charge in [0.2, 0.25) is 0 Å². The molecule has 0 radical (unpaired) electrons. The van der Waals surface area contributed by atoms with E-state index in [4.69, 9.17) is 15.0 Å². The minimum Gasteiger partial charge on any atom is -0.292 e. The molecule has 0 aliphatic heterocycles. The highest BCUT2D eigenvalue weighted by Crippen LogP contribution is 2.34. The molecule has 0 spiro atoms. The largest absolute Gasteiger partial charge is 0.292 e. The molecule has 2 heterocycles. The third-order valence-electron chi connectivity index (χ3n) is 9.03. The van der Waals surface area contributed by atoms with Crippen molar-refractivity contribution in [2.24, 2.45) is 0 Å². The van der Waals surface area contributed by atoms with E-state index in [-0.39, 0.29) is 0 Å². The van der Waals surface area contributed by atoms with E-state index >= 15 is 0 Å². The number of rotatable bonds is 6. The zero-order valence-electron chi connectivity index (χ0n) is 26.6. The van der Waals surface area contributed by atoms with Crippen molar-refractivity contribution in [1.29, 1.82) is 0 Å². The first-order valence-electron chi connectivity index (χ1n) is 16.5. The molecular weight excluding hydrogens is 597 g/mol. The molecule has 0 amide bonds. The standard InChI is InChI=1S/C45H30N4/c1-3-14-33(15-4-1)41-30-42(39-22-12-16-32-13-7-8-21-38(32)39)47-44(46-41)36-18-11-17-35(29-36)31-25-27-34(28-26-31)45-48-40-23-9-10-24-43(40)49(45)37-19-5-2-6-20-37/h1-30H. The van der Waals surface area contributed by atoms with E-state index in [2.05, 4.69) is 156 Å². The van der Waals surface area contributed by atoms with Crippen molar-refractivity contribution in [2.75, 3.05) is 0 Å². The van der Waals surface area contributed by atoms with Gasteiger partial charge in [0.15, 0.2) is 5.82 Å². The first-order chi connectivity index (χ1) is 24.3. The number of hydrogen-bond acceptors (Lipinski definition) is 3. The van der Waals surface area contributed by atoms with Gasteiger partial charge in [0.05, 0.1) is 22.4 Å². The molecule has 0 aliphatic rings. The van der Waals surface area contributed by atoms with Gasteiger partial charge >= 0.3 is 0 Å². The SMILES string of the molecule is c1ccc(-c2cc(-c3cccc4ccccc34)nc(-c3cccc(-c4ccc(-c5nc6ccccc6n5-c5ccccc5)cc4)c3)n2)cc1. The Kier molecular flexibility index (Phi) is 7.10. The molecule has 0 atom stereocenters. The molecule has 0 aliphatic carbocycles. The van der Waals surface area contributed by atoms with E-state index in [1.807, 2.05) is 30.3 Å². The predicted molar refractivity (Wildman–Crippen MR) is 201 cm³/mol. The molecule has 9 rings (SSSR count). The number of aromatic nitrogens is 4. The molecular formula is C45H30N4. The lowest BCUT2D eigenvalue weighted by Crippen LogP contribution is -1.97. The maximum Gasteiger partial charge on any atom is 0.160 e. The second-order valence-corrected chi connectivity index (χ2v) is 12.1. The Labute approximate surface area is 284 Å². The van der Waals surface area contributed by atoms with Gasteiger partial charge in [-0.05, 0) is 58.3 Å². The van der Waals surface area contributed by atoms with Crippen molar-refractivity contribution < 1.29 is 0 Å². The van der Waals surface area contributed by atoms with Crippen molar-refractivity contribution in [1.82, 2.24) is 19.5 Å². The van der Waals surface area contributed by atoms with Crippen LogP contribution in [0, 0.1) is 0 Å². The van der Waals surface area contributed by atoms with Gasteiger partial charge in [0.1, 0.15) is 5.82 Å². The van der Waals surface area contributed by atoms with Gasteiger partial charge in [-0.3, -0.25) is 4.57 Å². The molecule has 230 valence electrons. The molecule has 4 heteroatoms. The normalized spacial score (nSPS) is 11.3. The molecule has 0 unspecified atom stereocenters. The summed E-state index contributed by atoms with van der Waals surface area (Å²) in [6, 6.07) is 63.2. The van der Waals surface area contributed by atoms with Crippen molar-refractivity contribution in [3.8, 4) is 62.1 Å². The van der Waals surface area contributed by atoms with Crippen LogP contribution in [0.25, 0.3) is 83.9 Å². The van der Waals surface area contributed by atoms with E-state index in [1.165, 1.54) is 10.8 Å². The monoisotopic (exact) mass is 626 g/mol. The molecule has 4 nitrogen and oxygen atoms in total. The second-order valence-electron chi connectivity index (χ2n) is 12.1. The van der Waals surface area contributed by atoms with Gasteiger partial charge in [0.25, 0.3) is 0 Å². The number of fused-ring (bicyclic) bond motifs is 2. The van der Waals surface area contributed by atoms with E-state index in [0.717, 1.165) is 67.3 Å². The van der Waals surface area contributed by atoms with Gasteiger partial charge in [-0.1, -0.05) is 146 Å². The summed E-state index contributed by atoms with van der Waals surface area (Å²) in [7, 11) is 0. The molecule has 0 N–H and O–H groups in total. The van der Waals surface area contributed by atoms with E-state index in [0.29, 0.717) is 5.82 Å². The van der Waals surface area contributed by atoms with Crippen LogP contribution in [0.4, 0.5) is 0 Å². The highest BCUT2D eigenvalue weighted by molar-refractivity contribution is 5.96.